The maximum Gasteiger partial charge on any atom is 0.134 e. The summed E-state index contributed by atoms with van der Waals surface area (Å²) in [6, 6.07) is 6.11. The van der Waals surface area contributed by atoms with Gasteiger partial charge in [-0.1, -0.05) is 4.49 Å². The summed E-state index contributed by atoms with van der Waals surface area (Å²) in [6.07, 6.45) is 0. The zero-order valence-electron chi connectivity index (χ0n) is 9.55. The van der Waals surface area contributed by atoms with Gasteiger partial charge in [0, 0.05) is 10.8 Å². The normalized spacial score (nSPS) is 13.0. The van der Waals surface area contributed by atoms with E-state index in [0.29, 0.717) is 11.3 Å². The molecule has 3 rings (SSSR count). The average Bonchev–Trinajstić information content (AvgIpc) is 2.98. The number of rotatable bonds is 3. The minimum absolute atomic E-state index is 0.167. The fraction of sp³-hybridized carbons (Fsp3) is 0.167. The molecule has 2 heterocycles. The van der Waals surface area contributed by atoms with E-state index in [1.165, 1.54) is 23.7 Å². The van der Waals surface area contributed by atoms with E-state index in [1.54, 1.807) is 6.07 Å². The lowest BCUT2D eigenvalue weighted by Crippen LogP contribution is -2.17. The van der Waals surface area contributed by atoms with E-state index in [1.807, 2.05) is 18.5 Å². The summed E-state index contributed by atoms with van der Waals surface area (Å²) in [5.41, 5.74) is 1.46. The molecular weight excluding hydrogens is 253 g/mol. The molecule has 0 radical (unpaired) electrons. The predicted molar refractivity (Wildman–Crippen MR) is 67.0 cm³/mol. The van der Waals surface area contributed by atoms with Gasteiger partial charge in [-0.3, -0.25) is 0 Å². The van der Waals surface area contributed by atoms with Gasteiger partial charge < -0.3 is 9.73 Å². The van der Waals surface area contributed by atoms with Crippen LogP contribution in [0.5, 0.6) is 0 Å². The van der Waals surface area contributed by atoms with Gasteiger partial charge in [0.15, 0.2) is 0 Å². The monoisotopic (exact) mass is 263 g/mol. The van der Waals surface area contributed by atoms with Crippen molar-refractivity contribution in [3.8, 4) is 0 Å². The summed E-state index contributed by atoms with van der Waals surface area (Å²) in [5.74, 6) is 0.428. The number of nitrogens with zero attached hydrogens (tertiary/aromatic N) is 2. The lowest BCUT2D eigenvalue weighted by Gasteiger charge is -2.09. The molecule has 1 aromatic carbocycles. The molecule has 0 saturated carbocycles. The molecule has 2 aromatic heterocycles. The van der Waals surface area contributed by atoms with Crippen LogP contribution in [0.25, 0.3) is 11.0 Å². The second-order valence-electron chi connectivity index (χ2n) is 3.88. The molecule has 92 valence electrons. The largest absolute Gasteiger partial charge is 0.459 e. The predicted octanol–water partition coefficient (Wildman–Crippen LogP) is 2.73. The molecule has 0 spiro atoms. The molecule has 0 bridgehead atoms. The van der Waals surface area contributed by atoms with E-state index in [9.17, 15) is 4.39 Å². The van der Waals surface area contributed by atoms with Gasteiger partial charge in [0.2, 0.25) is 0 Å². The molecule has 0 aliphatic carbocycles. The van der Waals surface area contributed by atoms with Crippen LogP contribution in [0.4, 0.5) is 4.39 Å². The second-order valence-corrected chi connectivity index (χ2v) is 4.49. The standard InChI is InChI=1S/C12H10FN3OS/c1-14-12(9-6-18-16-15-9)11-5-7-4-8(13)2-3-10(7)17-11/h2-6,12,14H,1H3. The summed E-state index contributed by atoms with van der Waals surface area (Å²) in [5, 5.41) is 9.74. The van der Waals surface area contributed by atoms with Crippen LogP contribution in [0, 0.1) is 5.82 Å². The molecule has 0 amide bonds. The van der Waals surface area contributed by atoms with Gasteiger partial charge in [-0.25, -0.2) is 4.39 Å². The van der Waals surface area contributed by atoms with Crippen molar-refractivity contribution in [3.05, 3.63) is 46.9 Å². The van der Waals surface area contributed by atoms with E-state index < -0.39 is 0 Å². The highest BCUT2D eigenvalue weighted by Crippen LogP contribution is 2.27. The van der Waals surface area contributed by atoms with E-state index in [4.69, 9.17) is 4.42 Å². The number of furan rings is 1. The van der Waals surface area contributed by atoms with E-state index in [-0.39, 0.29) is 11.9 Å². The van der Waals surface area contributed by atoms with Crippen LogP contribution in [-0.4, -0.2) is 16.6 Å². The number of benzene rings is 1. The van der Waals surface area contributed by atoms with Crippen molar-refractivity contribution in [3.63, 3.8) is 0 Å². The van der Waals surface area contributed by atoms with E-state index >= 15 is 0 Å². The molecule has 1 unspecified atom stereocenters. The van der Waals surface area contributed by atoms with Gasteiger partial charge in [-0.2, -0.15) is 0 Å². The van der Waals surface area contributed by atoms with Crippen molar-refractivity contribution in [2.24, 2.45) is 0 Å². The molecule has 4 nitrogen and oxygen atoms in total. The Morgan fingerprint density at radius 1 is 1.39 bits per heavy atom. The van der Waals surface area contributed by atoms with Crippen LogP contribution in [0.1, 0.15) is 17.5 Å². The third kappa shape index (κ3) is 1.89. The third-order valence-electron chi connectivity index (χ3n) is 2.74. The minimum atomic E-state index is -0.272. The van der Waals surface area contributed by atoms with Crippen LogP contribution in [0.15, 0.2) is 34.1 Å². The number of hydrogen-bond acceptors (Lipinski definition) is 5. The van der Waals surface area contributed by atoms with Crippen LogP contribution < -0.4 is 5.32 Å². The summed E-state index contributed by atoms with van der Waals surface area (Å²) < 4.78 is 22.7. The van der Waals surface area contributed by atoms with Crippen molar-refractivity contribution >= 4 is 22.5 Å². The highest BCUT2D eigenvalue weighted by Gasteiger charge is 2.19. The lowest BCUT2D eigenvalue weighted by molar-refractivity contribution is 0.485. The smallest absolute Gasteiger partial charge is 0.134 e. The molecule has 0 fully saturated rings. The Bertz CT molecular complexity index is 665. The number of fused-ring (bicyclic) bond motifs is 1. The van der Waals surface area contributed by atoms with Crippen molar-refractivity contribution in [1.82, 2.24) is 14.9 Å². The Hall–Kier alpha value is -1.79. The second kappa shape index (κ2) is 4.47. The highest BCUT2D eigenvalue weighted by atomic mass is 32.1. The molecule has 0 aliphatic heterocycles. The fourth-order valence-corrected chi connectivity index (χ4v) is 2.39. The first kappa shape index (κ1) is 11.3. The molecule has 3 aromatic rings. The van der Waals surface area contributed by atoms with Crippen LogP contribution in [0.3, 0.4) is 0 Å². The lowest BCUT2D eigenvalue weighted by atomic mass is 10.1. The fourth-order valence-electron chi connectivity index (χ4n) is 1.91. The van der Waals surface area contributed by atoms with Gasteiger partial charge in [-0.15, -0.1) is 5.10 Å². The van der Waals surface area contributed by atoms with Crippen molar-refractivity contribution in [2.75, 3.05) is 7.05 Å². The van der Waals surface area contributed by atoms with Crippen molar-refractivity contribution < 1.29 is 8.81 Å². The average molecular weight is 263 g/mol. The first-order valence-corrected chi connectivity index (χ1v) is 6.25. The maximum absolute atomic E-state index is 13.1. The van der Waals surface area contributed by atoms with Crippen LogP contribution >= 0.6 is 11.5 Å². The summed E-state index contributed by atoms with van der Waals surface area (Å²) in [7, 11) is 1.82. The Balaban J connectivity index is 2.07. The molecule has 18 heavy (non-hydrogen) atoms. The molecule has 1 atom stereocenters. The van der Waals surface area contributed by atoms with Crippen LogP contribution in [0.2, 0.25) is 0 Å². The van der Waals surface area contributed by atoms with Crippen molar-refractivity contribution in [1.29, 1.82) is 0 Å². The summed E-state index contributed by atoms with van der Waals surface area (Å²) in [6.45, 7) is 0. The SMILES string of the molecule is CNC(c1csnn1)c1cc2cc(F)ccc2o1. The van der Waals surface area contributed by atoms with E-state index in [2.05, 4.69) is 14.9 Å². The van der Waals surface area contributed by atoms with Gasteiger partial charge in [-0.05, 0) is 42.8 Å². The molecule has 6 heteroatoms. The highest BCUT2D eigenvalue weighted by molar-refractivity contribution is 7.03. The first-order valence-electron chi connectivity index (χ1n) is 5.41. The van der Waals surface area contributed by atoms with Gasteiger partial charge in [0.05, 0.1) is 0 Å². The zero-order valence-corrected chi connectivity index (χ0v) is 10.4. The summed E-state index contributed by atoms with van der Waals surface area (Å²) >= 11 is 1.28. The van der Waals surface area contributed by atoms with Crippen LogP contribution in [-0.2, 0) is 0 Å². The number of hydrogen-bond donors (Lipinski definition) is 1. The van der Waals surface area contributed by atoms with Gasteiger partial charge in [0.25, 0.3) is 0 Å². The quantitative estimate of drug-likeness (QED) is 0.789. The Morgan fingerprint density at radius 3 is 3.00 bits per heavy atom. The minimum Gasteiger partial charge on any atom is -0.459 e. The van der Waals surface area contributed by atoms with Crippen molar-refractivity contribution in [2.45, 2.75) is 6.04 Å². The first-order chi connectivity index (χ1) is 8.78. The van der Waals surface area contributed by atoms with Gasteiger partial charge >= 0.3 is 0 Å². The molecule has 0 saturated heterocycles. The molecule has 0 aliphatic rings. The number of halogens is 1. The topological polar surface area (TPSA) is 51.0 Å². The Kier molecular flexibility index (Phi) is 2.81. The third-order valence-corrected chi connectivity index (χ3v) is 3.27. The van der Waals surface area contributed by atoms with E-state index in [0.717, 1.165) is 11.1 Å². The van der Waals surface area contributed by atoms with Gasteiger partial charge in [0.1, 0.15) is 28.9 Å². The molecular formula is C12H10FN3OS. The Morgan fingerprint density at radius 2 is 2.28 bits per heavy atom. The zero-order chi connectivity index (χ0) is 12.5. The summed E-state index contributed by atoms with van der Waals surface area (Å²) in [4.78, 5) is 0. The maximum atomic E-state index is 13.1. The molecule has 1 N–H and O–H groups in total. The number of nitrogens with one attached hydrogen (secondary N) is 1. The number of aromatic nitrogens is 2. The Labute approximate surface area is 107 Å².